The van der Waals surface area contributed by atoms with Crippen LogP contribution < -0.4 is 0 Å². The maximum absolute atomic E-state index is 3.99. The standard InChI is InChI=1S/C24H17Br3/c1-3-19(22(25)4-2)16-13-17(20-9-5-7-11-23(20)26)15-18(14-16)21-10-6-8-12-24(21)27/h3-15H,1-2H2/b22-19-. The summed E-state index contributed by atoms with van der Waals surface area (Å²) in [6.07, 6.45) is 3.65. The van der Waals surface area contributed by atoms with Gasteiger partial charge in [0.05, 0.1) is 0 Å². The van der Waals surface area contributed by atoms with Crippen LogP contribution in [0.2, 0.25) is 0 Å². The maximum atomic E-state index is 3.99. The molecule has 0 nitrogen and oxygen atoms in total. The zero-order valence-corrected chi connectivity index (χ0v) is 19.3. The first kappa shape index (κ1) is 20.1. The molecule has 27 heavy (non-hydrogen) atoms. The van der Waals surface area contributed by atoms with E-state index in [1.165, 1.54) is 0 Å². The summed E-state index contributed by atoms with van der Waals surface area (Å²) in [6.45, 7) is 7.87. The van der Waals surface area contributed by atoms with E-state index in [0.717, 1.165) is 46.8 Å². The number of halogens is 3. The molecular weight excluding hydrogens is 528 g/mol. The minimum absolute atomic E-state index is 0.917. The summed E-state index contributed by atoms with van der Waals surface area (Å²) in [5.41, 5.74) is 6.64. The Labute approximate surface area is 185 Å². The highest BCUT2D eigenvalue weighted by molar-refractivity contribution is 9.12. The van der Waals surface area contributed by atoms with Gasteiger partial charge in [0.15, 0.2) is 0 Å². The second-order valence-electron chi connectivity index (χ2n) is 5.93. The highest BCUT2D eigenvalue weighted by Gasteiger charge is 2.12. The molecule has 3 aromatic rings. The molecule has 0 aromatic heterocycles. The van der Waals surface area contributed by atoms with Crippen LogP contribution in [0.3, 0.4) is 0 Å². The second kappa shape index (κ2) is 9.01. The van der Waals surface area contributed by atoms with Gasteiger partial charge >= 0.3 is 0 Å². The van der Waals surface area contributed by atoms with Gasteiger partial charge in [0, 0.05) is 13.4 Å². The van der Waals surface area contributed by atoms with Gasteiger partial charge in [-0.25, -0.2) is 0 Å². The Morgan fingerprint density at radius 2 is 1.19 bits per heavy atom. The van der Waals surface area contributed by atoms with Crippen molar-refractivity contribution in [3.8, 4) is 22.3 Å². The molecule has 0 heterocycles. The van der Waals surface area contributed by atoms with Gasteiger partial charge in [-0.15, -0.1) is 0 Å². The Hall–Kier alpha value is -1.68. The molecule has 0 radical (unpaired) electrons. The van der Waals surface area contributed by atoms with E-state index in [1.807, 2.05) is 18.2 Å². The molecule has 0 saturated heterocycles. The molecule has 0 N–H and O–H groups in total. The Balaban J connectivity index is 2.33. The third-order valence-corrected chi connectivity index (χ3v) is 6.39. The van der Waals surface area contributed by atoms with Gasteiger partial charge in [-0.1, -0.05) is 109 Å². The van der Waals surface area contributed by atoms with E-state index in [9.17, 15) is 0 Å². The molecule has 3 aromatic carbocycles. The van der Waals surface area contributed by atoms with Crippen molar-refractivity contribution in [1.82, 2.24) is 0 Å². The summed E-state index contributed by atoms with van der Waals surface area (Å²) < 4.78 is 3.04. The van der Waals surface area contributed by atoms with Crippen LogP contribution in [0, 0.1) is 0 Å². The molecule has 3 rings (SSSR count). The summed E-state index contributed by atoms with van der Waals surface area (Å²) in [4.78, 5) is 0. The fourth-order valence-electron chi connectivity index (χ4n) is 2.95. The SMILES string of the molecule is C=C/C(Br)=C(\C=C)c1cc(-c2ccccc2Br)cc(-c2ccccc2Br)c1. The van der Waals surface area contributed by atoms with Crippen molar-refractivity contribution in [2.24, 2.45) is 0 Å². The third-order valence-electron chi connectivity index (χ3n) is 4.25. The van der Waals surface area contributed by atoms with Gasteiger partial charge in [-0.05, 0) is 63.7 Å². The summed E-state index contributed by atoms with van der Waals surface area (Å²) >= 11 is 11.0. The third kappa shape index (κ3) is 4.43. The highest BCUT2D eigenvalue weighted by Crippen LogP contribution is 2.37. The fourth-order valence-corrected chi connectivity index (χ4v) is 4.37. The minimum Gasteiger partial charge on any atom is -0.0984 e. The van der Waals surface area contributed by atoms with Gasteiger partial charge in [0.2, 0.25) is 0 Å². The zero-order valence-electron chi connectivity index (χ0n) is 14.6. The number of rotatable bonds is 5. The summed E-state index contributed by atoms with van der Waals surface area (Å²) in [5.74, 6) is 0. The van der Waals surface area contributed by atoms with Crippen molar-refractivity contribution in [2.75, 3.05) is 0 Å². The Morgan fingerprint density at radius 3 is 1.59 bits per heavy atom. The molecule has 0 spiro atoms. The largest absolute Gasteiger partial charge is 0.0984 e. The topological polar surface area (TPSA) is 0 Å². The lowest BCUT2D eigenvalue weighted by Gasteiger charge is -2.14. The normalized spacial score (nSPS) is 11.7. The van der Waals surface area contributed by atoms with Crippen molar-refractivity contribution >= 4 is 53.4 Å². The molecule has 0 aliphatic heterocycles. The van der Waals surface area contributed by atoms with Crippen LogP contribution in [0.4, 0.5) is 0 Å². The number of hydrogen-bond donors (Lipinski definition) is 0. The lowest BCUT2D eigenvalue weighted by molar-refractivity contribution is 1.53. The van der Waals surface area contributed by atoms with E-state index < -0.39 is 0 Å². The first-order valence-corrected chi connectivity index (χ1v) is 10.7. The molecule has 0 amide bonds. The van der Waals surface area contributed by atoms with E-state index in [0.29, 0.717) is 0 Å². The predicted molar refractivity (Wildman–Crippen MR) is 129 cm³/mol. The summed E-state index contributed by atoms with van der Waals surface area (Å²) in [5, 5.41) is 0. The average Bonchev–Trinajstić information content (AvgIpc) is 2.69. The minimum atomic E-state index is 0.917. The molecule has 134 valence electrons. The van der Waals surface area contributed by atoms with Crippen molar-refractivity contribution in [3.63, 3.8) is 0 Å². The number of allylic oxidation sites excluding steroid dienone is 4. The molecule has 3 heteroatoms. The van der Waals surface area contributed by atoms with Gasteiger partial charge in [0.1, 0.15) is 0 Å². The van der Waals surface area contributed by atoms with Crippen LogP contribution in [0.5, 0.6) is 0 Å². The van der Waals surface area contributed by atoms with Gasteiger partial charge in [-0.3, -0.25) is 0 Å². The van der Waals surface area contributed by atoms with Crippen LogP contribution >= 0.6 is 47.8 Å². The molecule has 0 aliphatic carbocycles. The molecular formula is C24H17Br3. The van der Waals surface area contributed by atoms with Crippen molar-refractivity contribution < 1.29 is 0 Å². The van der Waals surface area contributed by atoms with Gasteiger partial charge in [0.25, 0.3) is 0 Å². The van der Waals surface area contributed by atoms with E-state index in [-0.39, 0.29) is 0 Å². The molecule has 0 bridgehead atoms. The molecule has 0 fully saturated rings. The van der Waals surface area contributed by atoms with Gasteiger partial charge < -0.3 is 0 Å². The van der Waals surface area contributed by atoms with Crippen molar-refractivity contribution in [1.29, 1.82) is 0 Å². The maximum Gasteiger partial charge on any atom is 0.0253 e. The summed E-state index contributed by atoms with van der Waals surface area (Å²) in [6, 6.07) is 23.1. The van der Waals surface area contributed by atoms with E-state index >= 15 is 0 Å². The fraction of sp³-hybridized carbons (Fsp3) is 0. The predicted octanol–water partition coefficient (Wildman–Crippen LogP) is 9.02. The van der Waals surface area contributed by atoms with E-state index in [1.54, 1.807) is 6.08 Å². The Bertz CT molecular complexity index is 981. The van der Waals surface area contributed by atoms with E-state index in [2.05, 4.69) is 116 Å². The van der Waals surface area contributed by atoms with Crippen molar-refractivity contribution in [3.05, 3.63) is 111 Å². The van der Waals surface area contributed by atoms with Crippen molar-refractivity contribution in [2.45, 2.75) is 0 Å². The molecule has 0 saturated carbocycles. The number of hydrogen-bond acceptors (Lipinski definition) is 0. The second-order valence-corrected chi connectivity index (χ2v) is 8.49. The smallest absolute Gasteiger partial charge is 0.0253 e. The molecule has 0 unspecified atom stereocenters. The van der Waals surface area contributed by atoms with E-state index in [4.69, 9.17) is 0 Å². The molecule has 0 aliphatic rings. The lowest BCUT2D eigenvalue weighted by atomic mass is 9.93. The monoisotopic (exact) mass is 542 g/mol. The first-order valence-electron chi connectivity index (χ1n) is 8.35. The van der Waals surface area contributed by atoms with Crippen LogP contribution in [0.1, 0.15) is 5.56 Å². The van der Waals surface area contributed by atoms with Crippen LogP contribution in [0.15, 0.2) is 105 Å². The van der Waals surface area contributed by atoms with Crippen LogP contribution in [0.25, 0.3) is 27.8 Å². The summed E-state index contributed by atoms with van der Waals surface area (Å²) in [7, 11) is 0. The lowest BCUT2D eigenvalue weighted by Crippen LogP contribution is -1.90. The Morgan fingerprint density at radius 1 is 0.704 bits per heavy atom. The Kier molecular flexibility index (Phi) is 6.69. The highest BCUT2D eigenvalue weighted by atomic mass is 79.9. The van der Waals surface area contributed by atoms with Crippen LogP contribution in [-0.4, -0.2) is 0 Å². The molecule has 0 atom stereocenters. The quantitative estimate of drug-likeness (QED) is 0.281. The van der Waals surface area contributed by atoms with Crippen LogP contribution in [-0.2, 0) is 0 Å². The zero-order chi connectivity index (χ0) is 19.4. The number of benzene rings is 3. The van der Waals surface area contributed by atoms with Gasteiger partial charge in [-0.2, -0.15) is 0 Å². The first-order chi connectivity index (χ1) is 13.0. The average molecular weight is 545 g/mol.